The van der Waals surface area contributed by atoms with Crippen molar-refractivity contribution in [2.45, 2.75) is 31.3 Å². The van der Waals surface area contributed by atoms with Gasteiger partial charge in [-0.25, -0.2) is 8.42 Å². The van der Waals surface area contributed by atoms with Crippen molar-refractivity contribution in [3.63, 3.8) is 0 Å². The van der Waals surface area contributed by atoms with Crippen molar-refractivity contribution in [2.24, 2.45) is 5.73 Å². The third-order valence-corrected chi connectivity index (χ3v) is 4.32. The van der Waals surface area contributed by atoms with E-state index in [4.69, 9.17) is 22.7 Å². The third-order valence-electron chi connectivity index (χ3n) is 2.39. The van der Waals surface area contributed by atoms with Gasteiger partial charge in [0, 0.05) is 5.56 Å². The highest BCUT2D eigenvalue weighted by Gasteiger charge is 2.17. The Morgan fingerprint density at radius 1 is 1.26 bits per heavy atom. The highest BCUT2D eigenvalue weighted by Crippen LogP contribution is 2.14. The molecule has 0 aliphatic rings. The fraction of sp³-hybridized carbons (Fsp3) is 0.462. The summed E-state index contributed by atoms with van der Waals surface area (Å²) in [4.78, 5) is 0.505. The number of sulfone groups is 1. The zero-order valence-corrected chi connectivity index (χ0v) is 13.0. The Morgan fingerprint density at radius 2 is 1.79 bits per heavy atom. The molecule has 106 valence electrons. The van der Waals surface area contributed by atoms with E-state index < -0.39 is 9.84 Å². The van der Waals surface area contributed by atoms with Crippen LogP contribution in [-0.4, -0.2) is 31.4 Å². The summed E-state index contributed by atoms with van der Waals surface area (Å²) in [7, 11) is -3.33. The molecule has 0 heterocycles. The molecule has 0 atom stereocenters. The maximum Gasteiger partial charge on any atom is 0.180 e. The molecule has 0 bridgehead atoms. The Kier molecular flexibility index (Phi) is 5.06. The SMILES string of the molecule is CC(C)(C)OCCS(=O)(=O)c1ccc(C(N)=S)cc1. The Balaban J connectivity index is 2.75. The van der Waals surface area contributed by atoms with Crippen LogP contribution >= 0.6 is 12.2 Å². The summed E-state index contributed by atoms with van der Waals surface area (Å²) >= 11 is 4.82. The van der Waals surface area contributed by atoms with E-state index >= 15 is 0 Å². The van der Waals surface area contributed by atoms with Gasteiger partial charge in [-0.05, 0) is 32.9 Å². The van der Waals surface area contributed by atoms with Crippen LogP contribution in [0.1, 0.15) is 26.3 Å². The van der Waals surface area contributed by atoms with Gasteiger partial charge in [-0.2, -0.15) is 0 Å². The third kappa shape index (κ3) is 5.26. The van der Waals surface area contributed by atoms with Gasteiger partial charge >= 0.3 is 0 Å². The topological polar surface area (TPSA) is 69.4 Å². The highest BCUT2D eigenvalue weighted by molar-refractivity contribution is 7.91. The average Bonchev–Trinajstić information content (AvgIpc) is 2.27. The summed E-state index contributed by atoms with van der Waals surface area (Å²) in [6.45, 7) is 5.83. The van der Waals surface area contributed by atoms with E-state index in [9.17, 15) is 8.42 Å². The minimum absolute atomic E-state index is 0.0450. The van der Waals surface area contributed by atoms with E-state index in [0.717, 1.165) is 0 Å². The van der Waals surface area contributed by atoms with Gasteiger partial charge in [-0.3, -0.25) is 0 Å². The van der Waals surface area contributed by atoms with Crippen LogP contribution in [0.15, 0.2) is 29.2 Å². The van der Waals surface area contributed by atoms with Crippen LogP contribution in [0, 0.1) is 0 Å². The number of nitrogens with two attached hydrogens (primary N) is 1. The van der Waals surface area contributed by atoms with Crippen molar-refractivity contribution in [1.82, 2.24) is 0 Å². The Morgan fingerprint density at radius 3 is 2.21 bits per heavy atom. The standard InChI is InChI=1S/C13H19NO3S2/c1-13(2,3)17-8-9-19(15,16)11-6-4-10(5-7-11)12(14)18/h4-7H,8-9H2,1-3H3,(H2,14,18). The molecule has 1 aromatic carbocycles. The predicted molar refractivity (Wildman–Crippen MR) is 80.1 cm³/mol. The lowest BCUT2D eigenvalue weighted by Gasteiger charge is -2.19. The van der Waals surface area contributed by atoms with E-state index in [1.54, 1.807) is 12.1 Å². The lowest BCUT2D eigenvalue weighted by Crippen LogP contribution is -2.23. The van der Waals surface area contributed by atoms with E-state index in [1.807, 2.05) is 20.8 Å². The van der Waals surface area contributed by atoms with Crippen molar-refractivity contribution in [3.8, 4) is 0 Å². The molecule has 0 saturated heterocycles. The van der Waals surface area contributed by atoms with Crippen LogP contribution in [0.2, 0.25) is 0 Å². The van der Waals surface area contributed by atoms with Gasteiger partial charge in [0.1, 0.15) is 4.99 Å². The minimum Gasteiger partial charge on any atom is -0.389 e. The maximum absolute atomic E-state index is 12.1. The van der Waals surface area contributed by atoms with Crippen LogP contribution in [-0.2, 0) is 14.6 Å². The second-order valence-corrected chi connectivity index (χ2v) is 7.72. The highest BCUT2D eigenvalue weighted by atomic mass is 32.2. The number of hydrogen-bond acceptors (Lipinski definition) is 4. The average molecular weight is 301 g/mol. The first kappa shape index (κ1) is 16.1. The quantitative estimate of drug-likeness (QED) is 0.841. The first-order chi connectivity index (χ1) is 8.62. The molecule has 0 saturated carbocycles. The molecular formula is C13H19NO3S2. The van der Waals surface area contributed by atoms with Gasteiger partial charge in [-0.1, -0.05) is 24.4 Å². The minimum atomic E-state index is -3.33. The number of thiocarbonyl (C=S) groups is 1. The number of hydrogen-bond donors (Lipinski definition) is 1. The Hall–Kier alpha value is -0.980. The second kappa shape index (κ2) is 5.98. The molecule has 6 heteroatoms. The molecule has 0 amide bonds. The molecule has 1 rings (SSSR count). The number of ether oxygens (including phenoxy) is 1. The van der Waals surface area contributed by atoms with E-state index in [0.29, 0.717) is 5.56 Å². The summed E-state index contributed by atoms with van der Waals surface area (Å²) in [6.07, 6.45) is 0. The molecule has 0 fully saturated rings. The second-order valence-electron chi connectivity index (χ2n) is 5.17. The molecule has 0 unspecified atom stereocenters. The molecule has 0 spiro atoms. The fourth-order valence-corrected chi connectivity index (χ4v) is 2.63. The Labute approximate surface area is 119 Å². The fourth-order valence-electron chi connectivity index (χ4n) is 1.40. The van der Waals surface area contributed by atoms with Gasteiger partial charge in [0.25, 0.3) is 0 Å². The van der Waals surface area contributed by atoms with E-state index in [2.05, 4.69) is 0 Å². The smallest absolute Gasteiger partial charge is 0.180 e. The largest absolute Gasteiger partial charge is 0.389 e. The van der Waals surface area contributed by atoms with Crippen molar-refractivity contribution in [3.05, 3.63) is 29.8 Å². The first-order valence-corrected chi connectivity index (χ1v) is 7.94. The van der Waals surface area contributed by atoms with Crippen LogP contribution in [0.3, 0.4) is 0 Å². The Bertz CT molecular complexity index is 542. The number of rotatable bonds is 5. The van der Waals surface area contributed by atoms with Crippen molar-refractivity contribution in [2.75, 3.05) is 12.4 Å². The van der Waals surface area contributed by atoms with Gasteiger partial charge in [0.2, 0.25) is 0 Å². The molecule has 0 radical (unpaired) electrons. The van der Waals surface area contributed by atoms with E-state index in [1.165, 1.54) is 12.1 Å². The van der Waals surface area contributed by atoms with Crippen LogP contribution < -0.4 is 5.73 Å². The summed E-state index contributed by atoms with van der Waals surface area (Å²) in [5.41, 5.74) is 5.77. The first-order valence-electron chi connectivity index (χ1n) is 5.88. The molecule has 1 aromatic rings. The maximum atomic E-state index is 12.1. The lowest BCUT2D eigenvalue weighted by molar-refractivity contribution is 0.00644. The van der Waals surface area contributed by atoms with E-state index in [-0.39, 0.29) is 27.8 Å². The molecule has 19 heavy (non-hydrogen) atoms. The number of benzene rings is 1. The summed E-state index contributed by atoms with van der Waals surface area (Å²) in [5, 5.41) is 0. The molecule has 0 aromatic heterocycles. The molecule has 2 N–H and O–H groups in total. The van der Waals surface area contributed by atoms with Crippen LogP contribution in [0.5, 0.6) is 0 Å². The van der Waals surface area contributed by atoms with Crippen molar-refractivity contribution < 1.29 is 13.2 Å². The van der Waals surface area contributed by atoms with Gasteiger partial charge < -0.3 is 10.5 Å². The lowest BCUT2D eigenvalue weighted by atomic mass is 10.2. The van der Waals surface area contributed by atoms with Gasteiger partial charge in [-0.15, -0.1) is 0 Å². The monoisotopic (exact) mass is 301 g/mol. The van der Waals surface area contributed by atoms with Crippen molar-refractivity contribution in [1.29, 1.82) is 0 Å². The van der Waals surface area contributed by atoms with Crippen LogP contribution in [0.4, 0.5) is 0 Å². The van der Waals surface area contributed by atoms with Crippen molar-refractivity contribution >= 4 is 27.0 Å². The molecular weight excluding hydrogens is 282 g/mol. The van der Waals surface area contributed by atoms with Gasteiger partial charge in [0.15, 0.2) is 9.84 Å². The summed E-state index contributed by atoms with van der Waals surface area (Å²) in [6, 6.07) is 6.25. The summed E-state index contributed by atoms with van der Waals surface area (Å²) in [5.74, 6) is -0.0450. The molecule has 0 aliphatic heterocycles. The van der Waals surface area contributed by atoms with Gasteiger partial charge in [0.05, 0.1) is 22.9 Å². The normalized spacial score (nSPS) is 12.4. The predicted octanol–water partition coefficient (Wildman–Crippen LogP) is 1.91. The summed E-state index contributed by atoms with van der Waals surface area (Å²) < 4.78 is 29.5. The molecule has 4 nitrogen and oxygen atoms in total. The zero-order chi connectivity index (χ0) is 14.7. The zero-order valence-electron chi connectivity index (χ0n) is 11.3. The molecule has 0 aliphatic carbocycles. The van der Waals surface area contributed by atoms with Crippen LogP contribution in [0.25, 0.3) is 0 Å².